The molecule has 0 unspecified atom stereocenters. The number of anilines is 2. The van der Waals surface area contributed by atoms with Gasteiger partial charge in [-0.3, -0.25) is 14.6 Å². The molecule has 200 valence electrons. The van der Waals surface area contributed by atoms with Crippen molar-refractivity contribution < 1.29 is 32.6 Å². The second-order valence-corrected chi connectivity index (χ2v) is 9.25. The van der Waals surface area contributed by atoms with Crippen molar-refractivity contribution in [2.45, 2.75) is 12.8 Å². The summed E-state index contributed by atoms with van der Waals surface area (Å²) in [6.45, 7) is 0. The van der Waals surface area contributed by atoms with Crippen LogP contribution in [0.25, 0.3) is 10.9 Å². The maximum atomic E-state index is 15.3. The Morgan fingerprint density at radius 1 is 0.872 bits per heavy atom. The SMILES string of the molecule is COc1cc2nccc(Oc3ccc(NC(=O)C4(C(=O)Nc5ccc(F)cc5)CC4)c(Cl)c3F)c2cc1OC. The van der Waals surface area contributed by atoms with E-state index in [9.17, 15) is 14.0 Å². The highest BCUT2D eigenvalue weighted by Crippen LogP contribution is 2.48. The summed E-state index contributed by atoms with van der Waals surface area (Å²) >= 11 is 6.25. The van der Waals surface area contributed by atoms with Gasteiger partial charge in [-0.1, -0.05) is 11.6 Å². The standard InChI is InChI=1S/C28H22ClF2N3O5/c1-37-22-13-17-19(14-23(22)38-2)32-12-9-20(17)39-21-8-7-18(24(29)25(21)31)34-27(36)28(10-11-28)26(35)33-16-5-3-15(30)4-6-16/h3-9,12-14H,10-11H2,1-2H3,(H,33,35)(H,34,36). The zero-order valence-electron chi connectivity index (χ0n) is 20.8. The fourth-order valence-corrected chi connectivity index (χ4v) is 4.27. The van der Waals surface area contributed by atoms with Crippen molar-refractivity contribution in [1.82, 2.24) is 4.98 Å². The van der Waals surface area contributed by atoms with Gasteiger partial charge in [0, 0.05) is 23.3 Å². The Morgan fingerprint density at radius 2 is 1.54 bits per heavy atom. The van der Waals surface area contributed by atoms with Crippen LogP contribution in [0, 0.1) is 17.0 Å². The molecule has 0 spiro atoms. The van der Waals surface area contributed by atoms with Gasteiger partial charge in [0.25, 0.3) is 0 Å². The molecule has 2 N–H and O–H groups in total. The van der Waals surface area contributed by atoms with Crippen LogP contribution in [0.3, 0.4) is 0 Å². The molecule has 1 aliphatic rings. The van der Waals surface area contributed by atoms with Gasteiger partial charge in [-0.2, -0.15) is 0 Å². The van der Waals surface area contributed by atoms with E-state index in [1.807, 2.05) is 0 Å². The van der Waals surface area contributed by atoms with Crippen LogP contribution in [0.5, 0.6) is 23.0 Å². The first-order valence-corrected chi connectivity index (χ1v) is 12.2. The second-order valence-electron chi connectivity index (χ2n) is 8.87. The van der Waals surface area contributed by atoms with Gasteiger partial charge in [0.05, 0.1) is 25.4 Å². The molecule has 11 heteroatoms. The number of nitrogens with one attached hydrogen (secondary N) is 2. The van der Waals surface area contributed by atoms with E-state index in [0.717, 1.165) is 0 Å². The van der Waals surface area contributed by atoms with E-state index in [4.69, 9.17) is 25.8 Å². The van der Waals surface area contributed by atoms with Crippen LogP contribution in [0.1, 0.15) is 12.8 Å². The molecular weight excluding hydrogens is 532 g/mol. The first-order valence-electron chi connectivity index (χ1n) is 11.8. The van der Waals surface area contributed by atoms with Gasteiger partial charge in [0.1, 0.15) is 22.0 Å². The number of hydrogen-bond donors (Lipinski definition) is 2. The van der Waals surface area contributed by atoms with E-state index in [0.29, 0.717) is 46.7 Å². The van der Waals surface area contributed by atoms with Crippen LogP contribution in [0.4, 0.5) is 20.2 Å². The number of halogens is 3. The Morgan fingerprint density at radius 3 is 2.21 bits per heavy atom. The lowest BCUT2D eigenvalue weighted by molar-refractivity contribution is -0.131. The van der Waals surface area contributed by atoms with Gasteiger partial charge in [-0.15, -0.1) is 0 Å². The molecule has 1 saturated carbocycles. The summed E-state index contributed by atoms with van der Waals surface area (Å²) in [4.78, 5) is 30.1. The van der Waals surface area contributed by atoms with Gasteiger partial charge in [-0.25, -0.2) is 8.78 Å². The number of aromatic nitrogens is 1. The number of carbonyl (C=O) groups is 2. The number of hydrogen-bond acceptors (Lipinski definition) is 6. The number of ether oxygens (including phenoxy) is 3. The molecule has 1 aliphatic carbocycles. The summed E-state index contributed by atoms with van der Waals surface area (Å²) in [5.74, 6) is -1.50. The number of methoxy groups -OCH3 is 2. The van der Waals surface area contributed by atoms with Crippen molar-refractivity contribution in [1.29, 1.82) is 0 Å². The van der Waals surface area contributed by atoms with Gasteiger partial charge < -0.3 is 24.8 Å². The van der Waals surface area contributed by atoms with Crippen LogP contribution < -0.4 is 24.8 Å². The maximum absolute atomic E-state index is 15.3. The predicted molar refractivity (Wildman–Crippen MR) is 142 cm³/mol. The highest BCUT2D eigenvalue weighted by atomic mass is 35.5. The average Bonchev–Trinajstić information content (AvgIpc) is 3.76. The fraction of sp³-hybridized carbons (Fsp3) is 0.179. The summed E-state index contributed by atoms with van der Waals surface area (Å²) in [6.07, 6.45) is 2.11. The highest BCUT2D eigenvalue weighted by Gasteiger charge is 2.56. The number of amides is 2. The summed E-state index contributed by atoms with van der Waals surface area (Å²) in [5, 5.41) is 5.33. The Hall–Kier alpha value is -4.44. The second kappa shape index (κ2) is 10.4. The number of rotatable bonds is 8. The van der Waals surface area contributed by atoms with Crippen LogP contribution in [-0.2, 0) is 9.59 Å². The monoisotopic (exact) mass is 553 g/mol. The number of pyridine rings is 1. The molecule has 5 rings (SSSR count). The lowest BCUT2D eigenvalue weighted by Crippen LogP contribution is -2.35. The fourth-order valence-electron chi connectivity index (χ4n) is 4.07. The summed E-state index contributed by atoms with van der Waals surface area (Å²) in [5.41, 5.74) is -0.460. The van der Waals surface area contributed by atoms with Crippen LogP contribution in [0.2, 0.25) is 5.02 Å². The Labute approximate surface area is 226 Å². The van der Waals surface area contributed by atoms with Gasteiger partial charge >= 0.3 is 0 Å². The number of carbonyl (C=O) groups excluding carboxylic acids is 2. The summed E-state index contributed by atoms with van der Waals surface area (Å²) in [6, 6.07) is 12.8. The van der Waals surface area contributed by atoms with E-state index < -0.39 is 28.9 Å². The van der Waals surface area contributed by atoms with Crippen molar-refractivity contribution in [3.63, 3.8) is 0 Å². The van der Waals surface area contributed by atoms with Crippen LogP contribution >= 0.6 is 11.6 Å². The zero-order valence-corrected chi connectivity index (χ0v) is 21.6. The molecule has 0 saturated heterocycles. The first kappa shape index (κ1) is 26.2. The molecule has 0 atom stereocenters. The number of fused-ring (bicyclic) bond motifs is 1. The molecule has 1 heterocycles. The normalized spacial score (nSPS) is 13.5. The molecule has 0 radical (unpaired) electrons. The van der Waals surface area contributed by atoms with Crippen molar-refractivity contribution in [2.24, 2.45) is 5.41 Å². The Balaban J connectivity index is 1.35. The minimum absolute atomic E-state index is 0.0154. The van der Waals surface area contributed by atoms with Gasteiger partial charge in [0.2, 0.25) is 11.8 Å². The lowest BCUT2D eigenvalue weighted by Gasteiger charge is -2.17. The van der Waals surface area contributed by atoms with Crippen molar-refractivity contribution in [3.8, 4) is 23.0 Å². The van der Waals surface area contributed by atoms with Crippen molar-refractivity contribution in [2.75, 3.05) is 24.9 Å². The van der Waals surface area contributed by atoms with E-state index in [-0.39, 0.29) is 16.5 Å². The summed E-state index contributed by atoms with van der Waals surface area (Å²) in [7, 11) is 3.00. The Kier molecular flexibility index (Phi) is 6.96. The molecule has 1 fully saturated rings. The van der Waals surface area contributed by atoms with Gasteiger partial charge in [-0.05, 0) is 61.4 Å². The Bertz CT molecular complexity index is 1590. The summed E-state index contributed by atoms with van der Waals surface area (Å²) < 4.78 is 44.9. The molecule has 2 amide bonds. The third-order valence-electron chi connectivity index (χ3n) is 6.44. The van der Waals surface area contributed by atoms with E-state index in [1.165, 1.54) is 56.8 Å². The maximum Gasteiger partial charge on any atom is 0.240 e. The number of benzene rings is 3. The van der Waals surface area contributed by atoms with Crippen molar-refractivity contribution in [3.05, 3.63) is 77.5 Å². The number of nitrogens with zero attached hydrogens (tertiary/aromatic N) is 1. The quantitative estimate of drug-likeness (QED) is 0.247. The highest BCUT2D eigenvalue weighted by molar-refractivity contribution is 6.34. The van der Waals surface area contributed by atoms with Gasteiger partial charge in [0.15, 0.2) is 23.1 Å². The average molecular weight is 554 g/mol. The molecule has 0 aliphatic heterocycles. The van der Waals surface area contributed by atoms with E-state index in [2.05, 4.69) is 15.6 Å². The van der Waals surface area contributed by atoms with Crippen LogP contribution in [0.15, 0.2) is 60.8 Å². The molecule has 3 aromatic carbocycles. The zero-order chi connectivity index (χ0) is 27.7. The van der Waals surface area contributed by atoms with Crippen LogP contribution in [-0.4, -0.2) is 31.0 Å². The van der Waals surface area contributed by atoms with E-state index >= 15 is 4.39 Å². The first-order chi connectivity index (χ1) is 18.8. The van der Waals surface area contributed by atoms with Crippen molar-refractivity contribution >= 4 is 45.7 Å². The predicted octanol–water partition coefficient (Wildman–Crippen LogP) is 6.33. The lowest BCUT2D eigenvalue weighted by atomic mass is 10.0. The molecule has 0 bridgehead atoms. The minimum atomic E-state index is -1.33. The minimum Gasteiger partial charge on any atom is -0.493 e. The molecule has 8 nitrogen and oxygen atoms in total. The smallest absolute Gasteiger partial charge is 0.240 e. The molecule has 1 aromatic heterocycles. The third-order valence-corrected chi connectivity index (χ3v) is 6.81. The largest absolute Gasteiger partial charge is 0.493 e. The molecule has 4 aromatic rings. The topological polar surface area (TPSA) is 98.8 Å². The molecule has 39 heavy (non-hydrogen) atoms. The molecular formula is C28H22ClF2N3O5. The van der Waals surface area contributed by atoms with E-state index in [1.54, 1.807) is 18.2 Å². The third kappa shape index (κ3) is 5.03.